The minimum Gasteiger partial charge on any atom is -0.119 e. The zero-order valence-corrected chi connectivity index (χ0v) is 10.5. The maximum Gasteiger partial charge on any atom is 0.0447 e. The van der Waals surface area contributed by atoms with Gasteiger partial charge in [0.05, 0.1) is 0 Å². The van der Waals surface area contributed by atoms with Gasteiger partial charge >= 0.3 is 0 Å². The summed E-state index contributed by atoms with van der Waals surface area (Å²) in [5.74, 6) is 3.12. The molecule has 0 aliphatic carbocycles. The zero-order valence-electron chi connectivity index (χ0n) is 10.5. The second-order valence-electron chi connectivity index (χ2n) is 4.33. The Balaban J connectivity index is 2.57. The van der Waals surface area contributed by atoms with Gasteiger partial charge in [-0.2, -0.15) is 0 Å². The monoisotopic (exact) mass is 214 g/mol. The molecule has 1 aromatic rings. The summed E-state index contributed by atoms with van der Waals surface area (Å²) in [5, 5.41) is 0. The molecule has 0 aliphatic rings. The first-order valence-corrected chi connectivity index (χ1v) is 6.36. The van der Waals surface area contributed by atoms with Crippen molar-refractivity contribution < 1.29 is 0 Å². The van der Waals surface area contributed by atoms with Gasteiger partial charge in [0.2, 0.25) is 0 Å². The van der Waals surface area contributed by atoms with Gasteiger partial charge in [-0.15, -0.1) is 6.42 Å². The Bertz CT molecular complexity index is 326. The molecule has 0 bridgehead atoms. The van der Waals surface area contributed by atoms with E-state index in [9.17, 15) is 0 Å². The van der Waals surface area contributed by atoms with E-state index < -0.39 is 0 Å². The van der Waals surface area contributed by atoms with Gasteiger partial charge in [-0.25, -0.2) is 0 Å². The van der Waals surface area contributed by atoms with Crippen LogP contribution in [0.25, 0.3) is 0 Å². The van der Waals surface area contributed by atoms with Crippen LogP contribution in [-0.4, -0.2) is 0 Å². The summed E-state index contributed by atoms with van der Waals surface area (Å²) in [6.45, 7) is 4.38. The first-order valence-electron chi connectivity index (χ1n) is 6.36. The molecule has 0 aliphatic heterocycles. The third-order valence-corrected chi connectivity index (χ3v) is 3.06. The summed E-state index contributed by atoms with van der Waals surface area (Å²) < 4.78 is 0. The molecule has 0 saturated heterocycles. The van der Waals surface area contributed by atoms with E-state index in [0.717, 1.165) is 6.42 Å². The maximum absolute atomic E-state index is 5.50. The average molecular weight is 214 g/mol. The van der Waals surface area contributed by atoms with Crippen LogP contribution in [-0.2, 0) is 6.42 Å². The number of hydrogen-bond donors (Lipinski definition) is 0. The molecule has 1 atom stereocenters. The number of unbranched alkanes of at least 4 members (excludes halogenated alkanes) is 2. The van der Waals surface area contributed by atoms with E-state index in [1.54, 1.807) is 0 Å². The number of hydrogen-bond acceptors (Lipinski definition) is 0. The van der Waals surface area contributed by atoms with Gasteiger partial charge in [0, 0.05) is 5.92 Å². The van der Waals surface area contributed by atoms with E-state index in [4.69, 9.17) is 6.42 Å². The summed E-state index contributed by atoms with van der Waals surface area (Å²) >= 11 is 0. The lowest BCUT2D eigenvalue weighted by molar-refractivity contribution is 0.717. The minimum atomic E-state index is 0.282. The molecular weight excluding hydrogens is 192 g/mol. The summed E-state index contributed by atoms with van der Waals surface area (Å²) in [5.41, 5.74) is 2.72. The second kappa shape index (κ2) is 7.12. The lowest BCUT2D eigenvalue weighted by Crippen LogP contribution is -1.94. The Morgan fingerprint density at radius 1 is 1.12 bits per heavy atom. The number of benzene rings is 1. The van der Waals surface area contributed by atoms with E-state index >= 15 is 0 Å². The van der Waals surface area contributed by atoms with Crippen LogP contribution in [0.5, 0.6) is 0 Å². The van der Waals surface area contributed by atoms with Crippen LogP contribution in [0.1, 0.15) is 56.6 Å². The molecule has 0 fully saturated rings. The third kappa shape index (κ3) is 3.74. The van der Waals surface area contributed by atoms with Crippen molar-refractivity contribution in [3.8, 4) is 12.3 Å². The molecule has 16 heavy (non-hydrogen) atoms. The Kier molecular flexibility index (Phi) is 5.72. The first kappa shape index (κ1) is 12.8. The fourth-order valence-corrected chi connectivity index (χ4v) is 1.95. The van der Waals surface area contributed by atoms with Crippen LogP contribution in [0.3, 0.4) is 0 Å². The van der Waals surface area contributed by atoms with Gasteiger partial charge in [0.1, 0.15) is 0 Å². The van der Waals surface area contributed by atoms with E-state index in [-0.39, 0.29) is 5.92 Å². The quantitative estimate of drug-likeness (QED) is 0.481. The highest BCUT2D eigenvalue weighted by Gasteiger charge is 2.04. The standard InChI is InChI=1S/C16H22/c1-4-7-8-9-14-10-12-16(13-11-14)15(5-2)6-3/h2,10-13,15H,4,6-9H2,1,3H3. The Morgan fingerprint density at radius 2 is 1.81 bits per heavy atom. The minimum absolute atomic E-state index is 0.282. The highest BCUT2D eigenvalue weighted by atomic mass is 14.1. The summed E-state index contributed by atoms with van der Waals surface area (Å²) in [6, 6.07) is 8.83. The van der Waals surface area contributed by atoms with Gasteiger partial charge in [-0.1, -0.05) is 56.9 Å². The van der Waals surface area contributed by atoms with Crippen LogP contribution in [0.15, 0.2) is 24.3 Å². The first-order chi connectivity index (χ1) is 7.81. The zero-order chi connectivity index (χ0) is 11.8. The van der Waals surface area contributed by atoms with Crippen molar-refractivity contribution in [3.63, 3.8) is 0 Å². The molecule has 0 saturated carbocycles. The third-order valence-electron chi connectivity index (χ3n) is 3.06. The molecular formula is C16H22. The second-order valence-corrected chi connectivity index (χ2v) is 4.33. The van der Waals surface area contributed by atoms with Crippen molar-refractivity contribution in [3.05, 3.63) is 35.4 Å². The van der Waals surface area contributed by atoms with Crippen molar-refractivity contribution in [2.75, 3.05) is 0 Å². The Labute approximate surface area is 100 Å². The molecule has 1 aromatic carbocycles. The summed E-state index contributed by atoms with van der Waals surface area (Å²) in [6.07, 6.45) is 11.6. The summed E-state index contributed by atoms with van der Waals surface area (Å²) in [7, 11) is 0. The van der Waals surface area contributed by atoms with Crippen LogP contribution in [0.4, 0.5) is 0 Å². The van der Waals surface area contributed by atoms with Crippen molar-refractivity contribution in [1.82, 2.24) is 0 Å². The number of aryl methyl sites for hydroxylation is 1. The van der Waals surface area contributed by atoms with Crippen LogP contribution in [0, 0.1) is 12.3 Å². The van der Waals surface area contributed by atoms with Gasteiger partial charge in [0.25, 0.3) is 0 Å². The van der Waals surface area contributed by atoms with E-state index in [2.05, 4.69) is 44.0 Å². The van der Waals surface area contributed by atoms with Gasteiger partial charge in [-0.05, 0) is 30.4 Å². The molecule has 0 aromatic heterocycles. The largest absolute Gasteiger partial charge is 0.119 e. The topological polar surface area (TPSA) is 0 Å². The molecule has 0 nitrogen and oxygen atoms in total. The molecule has 0 radical (unpaired) electrons. The molecule has 0 N–H and O–H groups in total. The SMILES string of the molecule is C#CC(CC)c1ccc(CCCCC)cc1. The van der Waals surface area contributed by atoms with Crippen molar-refractivity contribution in [2.24, 2.45) is 0 Å². The highest BCUT2D eigenvalue weighted by Crippen LogP contribution is 2.19. The van der Waals surface area contributed by atoms with Crippen molar-refractivity contribution in [1.29, 1.82) is 0 Å². The van der Waals surface area contributed by atoms with Gasteiger partial charge in [0.15, 0.2) is 0 Å². The molecule has 0 amide bonds. The molecule has 1 rings (SSSR count). The van der Waals surface area contributed by atoms with Crippen LogP contribution in [0.2, 0.25) is 0 Å². The van der Waals surface area contributed by atoms with Crippen LogP contribution >= 0.6 is 0 Å². The Morgan fingerprint density at radius 3 is 2.31 bits per heavy atom. The van der Waals surface area contributed by atoms with E-state index in [0.29, 0.717) is 0 Å². The Hall–Kier alpha value is -1.22. The van der Waals surface area contributed by atoms with Crippen molar-refractivity contribution in [2.45, 2.75) is 51.9 Å². The molecule has 0 spiro atoms. The van der Waals surface area contributed by atoms with Crippen molar-refractivity contribution >= 4 is 0 Å². The predicted octanol–water partition coefficient (Wildman–Crippen LogP) is 4.55. The highest BCUT2D eigenvalue weighted by molar-refractivity contribution is 5.29. The lowest BCUT2D eigenvalue weighted by atomic mass is 9.95. The molecule has 0 heteroatoms. The fourth-order valence-electron chi connectivity index (χ4n) is 1.95. The maximum atomic E-state index is 5.50. The van der Waals surface area contributed by atoms with E-state index in [1.165, 1.54) is 36.8 Å². The fraction of sp³-hybridized carbons (Fsp3) is 0.500. The van der Waals surface area contributed by atoms with Crippen LogP contribution < -0.4 is 0 Å². The molecule has 1 unspecified atom stereocenters. The average Bonchev–Trinajstić information content (AvgIpc) is 2.33. The number of rotatable bonds is 6. The lowest BCUT2D eigenvalue weighted by Gasteiger charge is -2.09. The van der Waals surface area contributed by atoms with Gasteiger partial charge < -0.3 is 0 Å². The normalized spacial score (nSPS) is 12.1. The summed E-state index contributed by atoms with van der Waals surface area (Å²) in [4.78, 5) is 0. The predicted molar refractivity (Wildman–Crippen MR) is 71.5 cm³/mol. The molecule has 86 valence electrons. The van der Waals surface area contributed by atoms with Gasteiger partial charge in [-0.3, -0.25) is 0 Å². The smallest absolute Gasteiger partial charge is 0.0447 e. The number of terminal acetylenes is 1. The van der Waals surface area contributed by atoms with E-state index in [1.807, 2.05) is 0 Å². The molecule has 0 heterocycles.